The highest BCUT2D eigenvalue weighted by molar-refractivity contribution is 7.92. The van der Waals surface area contributed by atoms with Crippen molar-refractivity contribution in [1.82, 2.24) is 10.0 Å². The average Bonchev–Trinajstić information content (AvgIpc) is 3.28. The summed E-state index contributed by atoms with van der Waals surface area (Å²) in [6.07, 6.45) is 3.87. The van der Waals surface area contributed by atoms with Crippen molar-refractivity contribution in [3.63, 3.8) is 0 Å². The standard InChI is InChI=1S/C25H29ClN2O4S2/c26-23-14-15-25(33-23)34(30,31)28-24(29)16-18-27-17-4-8-21-10-12-22(13-11-21)32-19-5-9-20-6-2-1-3-7-20/h1-3,6-7,10-15,27H,4-5,8-9,16-19H2,(H,28,29). The number of carbonyl (C=O) groups is 1. The minimum absolute atomic E-state index is 0.0300. The first-order chi connectivity index (χ1) is 16.4. The first kappa shape index (κ1) is 26.2. The number of carbonyl (C=O) groups excluding carboxylic acids is 1. The van der Waals surface area contributed by atoms with E-state index in [1.165, 1.54) is 23.3 Å². The third-order valence-corrected chi connectivity index (χ3v) is 8.15. The molecule has 0 aliphatic rings. The topological polar surface area (TPSA) is 84.5 Å². The summed E-state index contributed by atoms with van der Waals surface area (Å²) in [5.74, 6) is 0.331. The molecular formula is C25H29ClN2O4S2. The molecule has 0 aliphatic carbocycles. The Kier molecular flexibility index (Phi) is 10.4. The maximum Gasteiger partial charge on any atom is 0.273 e. The predicted molar refractivity (Wildman–Crippen MR) is 137 cm³/mol. The number of benzene rings is 2. The molecule has 34 heavy (non-hydrogen) atoms. The van der Waals surface area contributed by atoms with Gasteiger partial charge in [0.15, 0.2) is 0 Å². The lowest BCUT2D eigenvalue weighted by atomic mass is 10.1. The summed E-state index contributed by atoms with van der Waals surface area (Å²) in [6.45, 7) is 1.83. The van der Waals surface area contributed by atoms with Gasteiger partial charge in [0, 0.05) is 13.0 Å². The van der Waals surface area contributed by atoms with E-state index in [4.69, 9.17) is 16.3 Å². The van der Waals surface area contributed by atoms with Crippen molar-refractivity contribution in [2.24, 2.45) is 0 Å². The second-order valence-corrected chi connectivity index (χ2v) is 11.4. The molecule has 0 saturated heterocycles. The van der Waals surface area contributed by atoms with Gasteiger partial charge in [-0.2, -0.15) is 0 Å². The highest BCUT2D eigenvalue weighted by atomic mass is 35.5. The summed E-state index contributed by atoms with van der Waals surface area (Å²) in [4.78, 5) is 11.9. The van der Waals surface area contributed by atoms with E-state index in [1.807, 2.05) is 18.2 Å². The third kappa shape index (κ3) is 9.10. The molecule has 3 aromatic rings. The van der Waals surface area contributed by atoms with Crippen LogP contribution in [0.15, 0.2) is 70.9 Å². The van der Waals surface area contributed by atoms with Crippen LogP contribution in [0.25, 0.3) is 0 Å². The molecule has 182 valence electrons. The van der Waals surface area contributed by atoms with E-state index in [2.05, 4.69) is 46.4 Å². The molecule has 3 rings (SSSR count). The zero-order valence-corrected chi connectivity index (χ0v) is 21.2. The molecule has 2 N–H and O–H groups in total. The predicted octanol–water partition coefficient (Wildman–Crippen LogP) is 4.83. The van der Waals surface area contributed by atoms with Crippen LogP contribution >= 0.6 is 22.9 Å². The normalized spacial score (nSPS) is 11.3. The van der Waals surface area contributed by atoms with Crippen LogP contribution in [0.3, 0.4) is 0 Å². The highest BCUT2D eigenvalue weighted by Gasteiger charge is 2.19. The van der Waals surface area contributed by atoms with E-state index in [0.717, 1.165) is 49.3 Å². The minimum atomic E-state index is -3.85. The van der Waals surface area contributed by atoms with Gasteiger partial charge in [0.2, 0.25) is 5.91 Å². The number of hydrogen-bond acceptors (Lipinski definition) is 6. The zero-order valence-electron chi connectivity index (χ0n) is 18.8. The molecule has 0 bridgehead atoms. The Morgan fingerprint density at radius 3 is 2.29 bits per heavy atom. The number of amides is 1. The first-order valence-corrected chi connectivity index (χ1v) is 13.9. The van der Waals surface area contributed by atoms with Crippen LogP contribution < -0.4 is 14.8 Å². The van der Waals surface area contributed by atoms with E-state index in [1.54, 1.807) is 0 Å². The molecule has 0 radical (unpaired) electrons. The average molecular weight is 521 g/mol. The van der Waals surface area contributed by atoms with Gasteiger partial charge in [-0.15, -0.1) is 11.3 Å². The Labute approximate surface area is 210 Å². The highest BCUT2D eigenvalue weighted by Crippen LogP contribution is 2.25. The van der Waals surface area contributed by atoms with Crippen molar-refractivity contribution >= 4 is 38.9 Å². The molecule has 0 aliphatic heterocycles. The van der Waals surface area contributed by atoms with Crippen LogP contribution in [-0.2, 0) is 27.7 Å². The summed E-state index contributed by atoms with van der Waals surface area (Å²) < 4.78 is 32.5. The van der Waals surface area contributed by atoms with E-state index < -0.39 is 15.9 Å². The molecule has 6 nitrogen and oxygen atoms in total. The Morgan fingerprint density at radius 1 is 0.882 bits per heavy atom. The van der Waals surface area contributed by atoms with Crippen molar-refractivity contribution in [3.05, 3.63) is 82.2 Å². The van der Waals surface area contributed by atoms with E-state index in [-0.39, 0.29) is 10.6 Å². The molecule has 0 saturated carbocycles. The van der Waals surface area contributed by atoms with Crippen LogP contribution in [0.1, 0.15) is 30.4 Å². The Hall–Kier alpha value is -2.39. The summed E-state index contributed by atoms with van der Waals surface area (Å²) >= 11 is 6.67. The number of halogens is 1. The minimum Gasteiger partial charge on any atom is -0.494 e. The zero-order chi connectivity index (χ0) is 24.2. The van der Waals surface area contributed by atoms with Gasteiger partial charge >= 0.3 is 0 Å². The fourth-order valence-electron chi connectivity index (χ4n) is 3.30. The second kappa shape index (κ2) is 13.5. The Morgan fingerprint density at radius 2 is 1.59 bits per heavy atom. The lowest BCUT2D eigenvalue weighted by molar-refractivity contribution is -0.119. The Balaban J connectivity index is 1.24. The summed E-state index contributed by atoms with van der Waals surface area (Å²) in [5, 5.41) is 3.18. The van der Waals surface area contributed by atoms with Gasteiger partial charge < -0.3 is 10.1 Å². The smallest absolute Gasteiger partial charge is 0.273 e. The molecule has 9 heteroatoms. The fraction of sp³-hybridized carbons (Fsp3) is 0.320. The largest absolute Gasteiger partial charge is 0.494 e. The van der Waals surface area contributed by atoms with E-state index >= 15 is 0 Å². The number of sulfonamides is 1. The molecule has 2 aromatic carbocycles. The van der Waals surface area contributed by atoms with Crippen molar-refractivity contribution in [1.29, 1.82) is 0 Å². The van der Waals surface area contributed by atoms with Crippen LogP contribution in [0.5, 0.6) is 5.75 Å². The lowest BCUT2D eigenvalue weighted by Gasteiger charge is -2.08. The van der Waals surface area contributed by atoms with E-state index in [0.29, 0.717) is 17.5 Å². The van der Waals surface area contributed by atoms with Crippen molar-refractivity contribution in [2.45, 2.75) is 36.3 Å². The second-order valence-electron chi connectivity index (χ2n) is 7.77. The van der Waals surface area contributed by atoms with Gasteiger partial charge in [0.1, 0.15) is 9.96 Å². The van der Waals surface area contributed by atoms with Gasteiger partial charge in [0.05, 0.1) is 10.9 Å². The number of nitrogens with one attached hydrogen (secondary N) is 2. The number of hydrogen-bond donors (Lipinski definition) is 2. The Bertz CT molecular complexity index is 1130. The van der Waals surface area contributed by atoms with Crippen LogP contribution in [-0.4, -0.2) is 34.0 Å². The third-order valence-electron chi connectivity index (χ3n) is 5.05. The van der Waals surface area contributed by atoms with Crippen LogP contribution in [0.2, 0.25) is 4.34 Å². The summed E-state index contributed by atoms with van der Waals surface area (Å²) in [7, 11) is -3.85. The summed E-state index contributed by atoms with van der Waals surface area (Å²) in [6, 6.07) is 21.4. The molecule has 1 heterocycles. The van der Waals surface area contributed by atoms with Crippen LogP contribution in [0, 0.1) is 0 Å². The fourth-order valence-corrected chi connectivity index (χ4v) is 5.80. The van der Waals surface area contributed by atoms with E-state index in [9.17, 15) is 13.2 Å². The molecule has 1 aromatic heterocycles. The molecule has 0 atom stereocenters. The number of ether oxygens (including phenoxy) is 1. The maximum absolute atomic E-state index is 12.1. The molecule has 0 spiro atoms. The molecule has 0 unspecified atom stereocenters. The van der Waals surface area contributed by atoms with Crippen molar-refractivity contribution in [3.8, 4) is 5.75 Å². The quantitative estimate of drug-likeness (QED) is 0.297. The molecule has 1 amide bonds. The SMILES string of the molecule is O=C(CCNCCCc1ccc(OCCCc2ccccc2)cc1)NS(=O)(=O)c1ccc(Cl)s1. The van der Waals surface area contributed by atoms with Crippen molar-refractivity contribution in [2.75, 3.05) is 19.7 Å². The number of thiophene rings is 1. The lowest BCUT2D eigenvalue weighted by Crippen LogP contribution is -2.32. The van der Waals surface area contributed by atoms with Gasteiger partial charge in [-0.1, -0.05) is 54.1 Å². The number of rotatable bonds is 14. The summed E-state index contributed by atoms with van der Waals surface area (Å²) in [5.41, 5.74) is 2.54. The monoisotopic (exact) mass is 520 g/mol. The molecular weight excluding hydrogens is 492 g/mol. The van der Waals surface area contributed by atoms with Gasteiger partial charge in [-0.05, 0) is 67.6 Å². The van der Waals surface area contributed by atoms with Gasteiger partial charge in [0.25, 0.3) is 10.0 Å². The van der Waals surface area contributed by atoms with Gasteiger partial charge in [-0.25, -0.2) is 13.1 Å². The number of aryl methyl sites for hydroxylation is 2. The van der Waals surface area contributed by atoms with Crippen molar-refractivity contribution < 1.29 is 17.9 Å². The van der Waals surface area contributed by atoms with Crippen LogP contribution in [0.4, 0.5) is 0 Å². The molecule has 0 fully saturated rings. The van der Waals surface area contributed by atoms with Gasteiger partial charge in [-0.3, -0.25) is 4.79 Å². The first-order valence-electron chi connectivity index (χ1n) is 11.2. The maximum atomic E-state index is 12.1.